The predicted octanol–water partition coefficient (Wildman–Crippen LogP) is 7.89. The summed E-state index contributed by atoms with van der Waals surface area (Å²) in [6.07, 6.45) is -35.1. The summed E-state index contributed by atoms with van der Waals surface area (Å²) in [5.74, 6) is -29.4. The van der Waals surface area contributed by atoms with Gasteiger partial charge in [-0.05, 0) is 6.42 Å². The quantitative estimate of drug-likeness (QED) is 0.0722. The number of aryl methyl sites for hydroxylation is 1. The van der Waals surface area contributed by atoms with E-state index in [1.807, 2.05) is 0 Å². The number of rotatable bonds is 12. The van der Waals surface area contributed by atoms with Crippen molar-refractivity contribution in [2.75, 3.05) is 0 Å². The third-order valence-electron chi connectivity index (χ3n) is 5.57. The van der Waals surface area contributed by atoms with Gasteiger partial charge in [-0.2, -0.15) is 48.3 Å². The fourth-order valence-corrected chi connectivity index (χ4v) is 3.47. The maximum atomic E-state index is 15.5. The van der Waals surface area contributed by atoms with Gasteiger partial charge < -0.3 is 9.47 Å². The number of alkyl halides is 16. The molecule has 0 aromatic heterocycles. The normalized spacial score (nSPS) is 16.7. The van der Waals surface area contributed by atoms with Crippen molar-refractivity contribution in [3.05, 3.63) is 37.9 Å². The Bertz CT molecular complexity index is 1260. The first kappa shape index (κ1) is 38.2. The lowest BCUT2D eigenvalue weighted by atomic mass is 9.79. The minimum atomic E-state index is -7.99. The zero-order chi connectivity index (χ0) is 35.0. The highest BCUT2D eigenvalue weighted by atomic mass is 19.4. The molecular weight excluding hydrogens is 672 g/mol. The van der Waals surface area contributed by atoms with Crippen molar-refractivity contribution in [2.45, 2.75) is 68.3 Å². The van der Waals surface area contributed by atoms with E-state index >= 15 is 4.39 Å². The van der Waals surface area contributed by atoms with Crippen molar-refractivity contribution in [1.29, 1.82) is 0 Å². The van der Waals surface area contributed by atoms with Crippen LogP contribution in [0.25, 0.3) is 0 Å². The molecule has 0 aliphatic rings. The van der Waals surface area contributed by atoms with Gasteiger partial charge in [0, 0.05) is 11.6 Å². The van der Waals surface area contributed by atoms with Crippen LogP contribution in [0.3, 0.4) is 0 Å². The molecule has 0 aliphatic heterocycles. The van der Waals surface area contributed by atoms with Gasteiger partial charge in [0.05, 0.1) is 22.3 Å². The Kier molecular flexibility index (Phi) is 10.7. The van der Waals surface area contributed by atoms with E-state index in [0.29, 0.717) is 6.07 Å². The number of halogens is 16. The third-order valence-corrected chi connectivity index (χ3v) is 5.57. The van der Waals surface area contributed by atoms with Gasteiger partial charge in [-0.3, -0.25) is 20.2 Å². The summed E-state index contributed by atoms with van der Waals surface area (Å²) in [4.78, 5) is 31.4. The Morgan fingerprint density at radius 3 is 1.70 bits per heavy atom. The Morgan fingerprint density at radius 2 is 1.36 bits per heavy atom. The fraction of sp³-hybridized carbons (Fsp3) is 0.632. The lowest BCUT2D eigenvalue weighted by Gasteiger charge is -2.43. The maximum Gasteiger partial charge on any atom is 0.516 e. The second-order valence-corrected chi connectivity index (χ2v) is 8.39. The molecule has 0 amide bonds. The number of hydrogen-bond acceptors (Lipinski definition) is 7. The highest BCUT2D eigenvalue weighted by Crippen LogP contribution is 2.59. The molecule has 0 heterocycles. The van der Waals surface area contributed by atoms with Crippen LogP contribution in [0.2, 0.25) is 0 Å². The minimum absolute atomic E-state index is 0.0399. The molecular formula is C19H12F16N2O7. The molecule has 1 rings (SSSR count). The van der Waals surface area contributed by atoms with Gasteiger partial charge in [0.2, 0.25) is 5.75 Å². The number of hydrogen-bond donors (Lipinski definition) is 0. The number of non-ortho nitro benzene ring substituents is 1. The van der Waals surface area contributed by atoms with Gasteiger partial charge in [0.1, 0.15) is 0 Å². The molecule has 252 valence electrons. The van der Waals surface area contributed by atoms with Crippen LogP contribution < -0.4 is 4.74 Å². The number of ether oxygens (including phenoxy) is 2. The molecule has 1 aromatic rings. The van der Waals surface area contributed by atoms with Gasteiger partial charge in [0.25, 0.3) is 23.6 Å². The largest absolute Gasteiger partial charge is 0.516 e. The van der Waals surface area contributed by atoms with Crippen molar-refractivity contribution >= 4 is 17.5 Å². The second kappa shape index (κ2) is 12.3. The molecule has 3 unspecified atom stereocenters. The molecule has 0 bridgehead atoms. The van der Waals surface area contributed by atoms with E-state index in [1.165, 1.54) is 0 Å². The molecule has 0 radical (unpaired) electrons. The van der Waals surface area contributed by atoms with E-state index in [2.05, 4.69) is 9.47 Å². The molecule has 0 spiro atoms. The number of carbonyl (C=O) groups is 1. The highest BCUT2D eigenvalue weighted by Gasteiger charge is 2.85. The van der Waals surface area contributed by atoms with Crippen LogP contribution in [0, 0.1) is 26.1 Å². The first-order chi connectivity index (χ1) is 19.5. The molecule has 1 aromatic carbocycles. The minimum Gasteiger partial charge on any atom is -0.396 e. The summed E-state index contributed by atoms with van der Waals surface area (Å²) in [5.41, 5.74) is -11.4. The van der Waals surface area contributed by atoms with Gasteiger partial charge in [-0.25, -0.2) is 26.7 Å². The Labute approximate surface area is 231 Å². The standard InChI is InChI=1S/C19H12F16N2O7/c1-2-6-3-7(36(39)40)4-8(37(41)42)9(6)43-13(38)44-14(24,10(11(20)21)17(28,29)30)5-15(25,16(26,27)12(22)23)18(31,32)19(33,34)35/h3-4,10-12H,2,5H2,1H3. The summed E-state index contributed by atoms with van der Waals surface area (Å²) in [6.45, 7) is 0.972. The molecule has 0 aliphatic carbocycles. The zero-order valence-corrected chi connectivity index (χ0v) is 20.6. The number of nitro benzene ring substituents is 2. The van der Waals surface area contributed by atoms with Crippen LogP contribution in [0.15, 0.2) is 12.1 Å². The van der Waals surface area contributed by atoms with E-state index in [9.17, 15) is 90.9 Å². The van der Waals surface area contributed by atoms with Crippen molar-refractivity contribution in [3.63, 3.8) is 0 Å². The van der Waals surface area contributed by atoms with Crippen molar-refractivity contribution in [2.24, 2.45) is 5.92 Å². The summed E-state index contributed by atoms with van der Waals surface area (Å²) in [5, 5.41) is 22.2. The topological polar surface area (TPSA) is 122 Å². The number of benzene rings is 1. The van der Waals surface area contributed by atoms with Gasteiger partial charge in [-0.15, -0.1) is 0 Å². The third kappa shape index (κ3) is 7.10. The first-order valence-corrected chi connectivity index (χ1v) is 10.7. The van der Waals surface area contributed by atoms with E-state index in [0.717, 1.165) is 6.92 Å². The van der Waals surface area contributed by atoms with Gasteiger partial charge >= 0.3 is 42.5 Å². The summed E-state index contributed by atoms with van der Waals surface area (Å²) in [6, 6.07) is 0.303. The van der Waals surface area contributed by atoms with Crippen molar-refractivity contribution in [3.8, 4) is 5.75 Å². The second-order valence-electron chi connectivity index (χ2n) is 8.39. The molecule has 0 saturated carbocycles. The number of carbonyl (C=O) groups excluding carboxylic acids is 1. The lowest BCUT2D eigenvalue weighted by Crippen LogP contribution is -2.69. The van der Waals surface area contributed by atoms with Crippen LogP contribution in [-0.2, 0) is 11.2 Å². The molecule has 44 heavy (non-hydrogen) atoms. The van der Waals surface area contributed by atoms with Gasteiger partial charge in [0.15, 0.2) is 5.92 Å². The molecule has 25 heteroatoms. The first-order valence-electron chi connectivity index (χ1n) is 10.7. The van der Waals surface area contributed by atoms with Crippen LogP contribution in [-0.4, -0.2) is 64.6 Å². The fourth-order valence-electron chi connectivity index (χ4n) is 3.47. The average Bonchev–Trinajstić information content (AvgIpc) is 2.80. The summed E-state index contributed by atoms with van der Waals surface area (Å²) >= 11 is 0. The molecule has 0 fully saturated rings. The van der Waals surface area contributed by atoms with E-state index in [4.69, 9.17) is 0 Å². The number of nitro groups is 2. The lowest BCUT2D eigenvalue weighted by molar-refractivity contribution is -0.395. The van der Waals surface area contributed by atoms with Crippen LogP contribution in [0.1, 0.15) is 18.9 Å². The van der Waals surface area contributed by atoms with Crippen molar-refractivity contribution in [1.82, 2.24) is 0 Å². The van der Waals surface area contributed by atoms with Crippen LogP contribution in [0.5, 0.6) is 5.75 Å². The monoisotopic (exact) mass is 684 g/mol. The van der Waals surface area contributed by atoms with Crippen LogP contribution >= 0.6 is 0 Å². The van der Waals surface area contributed by atoms with Crippen molar-refractivity contribution < 1.29 is 94.4 Å². The molecule has 9 nitrogen and oxygen atoms in total. The Balaban J connectivity index is 4.00. The Hall–Kier alpha value is -3.83. The molecule has 0 N–H and O–H groups in total. The summed E-state index contributed by atoms with van der Waals surface area (Å²) < 4.78 is 224. The SMILES string of the molecule is CCc1cc([N+](=O)[O-])cc([N+](=O)[O-])c1OC(=O)OC(F)(CC(F)(C(F)(F)C(F)F)C(F)(F)C(F)(F)F)C(C(F)F)C(F)(F)F. The summed E-state index contributed by atoms with van der Waals surface area (Å²) in [7, 11) is 0. The highest BCUT2D eigenvalue weighted by molar-refractivity contribution is 5.70. The molecule has 3 atom stereocenters. The van der Waals surface area contributed by atoms with E-state index in [1.54, 1.807) is 0 Å². The van der Waals surface area contributed by atoms with Crippen LogP contribution in [0.4, 0.5) is 86.4 Å². The van der Waals surface area contributed by atoms with E-state index < -0.39 is 106 Å². The average molecular weight is 684 g/mol. The predicted molar refractivity (Wildman–Crippen MR) is 106 cm³/mol. The Morgan fingerprint density at radius 1 is 0.864 bits per heavy atom. The maximum absolute atomic E-state index is 15.5. The number of nitrogens with zero attached hydrogens (tertiary/aromatic N) is 2. The van der Waals surface area contributed by atoms with Gasteiger partial charge in [-0.1, -0.05) is 6.92 Å². The molecule has 0 saturated heterocycles. The zero-order valence-electron chi connectivity index (χ0n) is 20.6. The van der Waals surface area contributed by atoms with E-state index in [-0.39, 0.29) is 6.07 Å². The smallest absolute Gasteiger partial charge is 0.396 e.